The molecule has 3 heterocycles. The van der Waals surface area contributed by atoms with Crippen LogP contribution in [0.15, 0.2) is 65.4 Å². The number of carboxylic acid groups (broad SMARTS) is 1. The maximum Gasteiger partial charge on any atom is 0.371 e. The van der Waals surface area contributed by atoms with Crippen LogP contribution in [0.5, 0.6) is 11.6 Å². The first-order valence-electron chi connectivity index (χ1n) is 11.5. The standard InChI is InChI=1S/C22H29NO3.C5H4O3/c1-22(2,3)18-6-8-19(9-7-18)25-13-14-26-21-16-17(10-11-23-21)15-20-5-4-12-24-20;6-5(7)4-2-1-3-8-4/h6-11,16,20H,4-5,12-15H2,1-3H3;1-3H,(H,6,7). The highest BCUT2D eigenvalue weighted by Crippen LogP contribution is 2.24. The topological polar surface area (TPSA) is 91.0 Å². The van der Waals surface area contributed by atoms with Crippen molar-refractivity contribution >= 4 is 5.97 Å². The fraction of sp³-hybridized carbons (Fsp3) is 0.407. The number of aromatic nitrogens is 1. The summed E-state index contributed by atoms with van der Waals surface area (Å²) in [6.45, 7) is 8.46. The Morgan fingerprint density at radius 1 is 1.12 bits per heavy atom. The van der Waals surface area contributed by atoms with Crippen LogP contribution in [0, 0.1) is 0 Å². The van der Waals surface area contributed by atoms with Gasteiger partial charge in [-0.3, -0.25) is 0 Å². The Morgan fingerprint density at radius 3 is 2.47 bits per heavy atom. The zero-order valence-corrected chi connectivity index (χ0v) is 20.0. The molecule has 4 rings (SSSR count). The van der Waals surface area contributed by atoms with Crippen LogP contribution in [0.3, 0.4) is 0 Å². The minimum Gasteiger partial charge on any atom is -0.490 e. The fourth-order valence-electron chi connectivity index (χ4n) is 3.48. The van der Waals surface area contributed by atoms with Gasteiger partial charge in [-0.25, -0.2) is 9.78 Å². The summed E-state index contributed by atoms with van der Waals surface area (Å²) in [6.07, 6.45) is 6.68. The van der Waals surface area contributed by atoms with Crippen molar-refractivity contribution in [3.8, 4) is 11.6 Å². The van der Waals surface area contributed by atoms with E-state index in [0.29, 0.717) is 25.2 Å². The summed E-state index contributed by atoms with van der Waals surface area (Å²) in [7, 11) is 0. The van der Waals surface area contributed by atoms with Gasteiger partial charge in [-0.15, -0.1) is 0 Å². The normalized spacial score (nSPS) is 15.3. The molecule has 182 valence electrons. The van der Waals surface area contributed by atoms with Gasteiger partial charge in [0.05, 0.1) is 12.4 Å². The number of carboxylic acids is 1. The second-order valence-corrected chi connectivity index (χ2v) is 9.10. The van der Waals surface area contributed by atoms with Crippen LogP contribution in [0.2, 0.25) is 0 Å². The number of aromatic carboxylic acids is 1. The Morgan fingerprint density at radius 2 is 1.88 bits per heavy atom. The van der Waals surface area contributed by atoms with E-state index in [9.17, 15) is 4.79 Å². The van der Waals surface area contributed by atoms with Crippen LogP contribution in [0.4, 0.5) is 0 Å². The van der Waals surface area contributed by atoms with Gasteiger partial charge in [-0.05, 0) is 66.1 Å². The second-order valence-electron chi connectivity index (χ2n) is 9.10. The molecule has 1 saturated heterocycles. The van der Waals surface area contributed by atoms with E-state index >= 15 is 0 Å². The highest BCUT2D eigenvalue weighted by atomic mass is 16.5. The molecule has 1 aromatic carbocycles. The summed E-state index contributed by atoms with van der Waals surface area (Å²) in [5.74, 6) is 0.453. The molecule has 0 radical (unpaired) electrons. The molecule has 7 nitrogen and oxygen atoms in total. The van der Waals surface area contributed by atoms with Crippen molar-refractivity contribution in [1.82, 2.24) is 4.98 Å². The molecular weight excluding hydrogens is 434 g/mol. The Balaban J connectivity index is 0.000000343. The maximum atomic E-state index is 9.97. The Hall–Kier alpha value is -3.32. The van der Waals surface area contributed by atoms with Gasteiger partial charge in [0.1, 0.15) is 19.0 Å². The number of ether oxygens (including phenoxy) is 3. The number of furan rings is 1. The van der Waals surface area contributed by atoms with Gasteiger partial charge in [-0.1, -0.05) is 32.9 Å². The first-order valence-corrected chi connectivity index (χ1v) is 11.5. The van der Waals surface area contributed by atoms with Crippen molar-refractivity contribution in [2.24, 2.45) is 0 Å². The van der Waals surface area contributed by atoms with Gasteiger partial charge in [-0.2, -0.15) is 0 Å². The molecule has 3 aromatic rings. The lowest BCUT2D eigenvalue weighted by molar-refractivity contribution is 0.0662. The molecule has 0 saturated carbocycles. The Bertz CT molecular complexity index is 1000. The van der Waals surface area contributed by atoms with E-state index in [1.54, 1.807) is 6.20 Å². The van der Waals surface area contributed by atoms with Crippen LogP contribution >= 0.6 is 0 Å². The minimum atomic E-state index is -1.03. The average Bonchev–Trinajstić information content (AvgIpc) is 3.52. The summed E-state index contributed by atoms with van der Waals surface area (Å²) >= 11 is 0. The quantitative estimate of drug-likeness (QED) is 0.435. The maximum absolute atomic E-state index is 9.97. The molecule has 7 heteroatoms. The molecule has 2 aromatic heterocycles. The monoisotopic (exact) mass is 467 g/mol. The first-order chi connectivity index (χ1) is 16.3. The number of nitrogens with zero attached hydrogens (tertiary/aromatic N) is 1. The largest absolute Gasteiger partial charge is 0.490 e. The van der Waals surface area contributed by atoms with Crippen LogP contribution in [-0.4, -0.2) is 42.0 Å². The summed E-state index contributed by atoms with van der Waals surface area (Å²) in [5.41, 5.74) is 2.66. The van der Waals surface area contributed by atoms with Gasteiger partial charge in [0.25, 0.3) is 0 Å². The molecule has 1 fully saturated rings. The van der Waals surface area contributed by atoms with Crippen LogP contribution in [0.1, 0.15) is 55.3 Å². The van der Waals surface area contributed by atoms with E-state index in [1.807, 2.05) is 24.3 Å². The second kappa shape index (κ2) is 12.2. The Labute approximate surface area is 200 Å². The van der Waals surface area contributed by atoms with Crippen molar-refractivity contribution in [2.45, 2.75) is 51.6 Å². The zero-order chi connectivity index (χ0) is 24.4. The van der Waals surface area contributed by atoms with Crippen molar-refractivity contribution in [3.63, 3.8) is 0 Å². The van der Waals surface area contributed by atoms with E-state index in [0.717, 1.165) is 31.6 Å². The smallest absolute Gasteiger partial charge is 0.371 e. The van der Waals surface area contributed by atoms with Crippen molar-refractivity contribution in [3.05, 3.63) is 77.9 Å². The molecule has 1 aliphatic rings. The number of carbonyl (C=O) groups is 1. The third-order valence-corrected chi connectivity index (χ3v) is 5.34. The number of pyridine rings is 1. The summed E-state index contributed by atoms with van der Waals surface area (Å²) < 4.78 is 21.7. The molecule has 1 aliphatic heterocycles. The highest BCUT2D eigenvalue weighted by Gasteiger charge is 2.16. The van der Waals surface area contributed by atoms with E-state index in [4.69, 9.17) is 19.3 Å². The summed E-state index contributed by atoms with van der Waals surface area (Å²) in [6, 6.07) is 15.2. The summed E-state index contributed by atoms with van der Waals surface area (Å²) in [5, 5.41) is 8.18. The molecule has 0 aliphatic carbocycles. The molecule has 34 heavy (non-hydrogen) atoms. The van der Waals surface area contributed by atoms with Gasteiger partial charge in [0, 0.05) is 18.9 Å². The average molecular weight is 468 g/mol. The molecule has 0 bridgehead atoms. The highest BCUT2D eigenvalue weighted by molar-refractivity contribution is 5.84. The number of benzene rings is 1. The molecule has 1 unspecified atom stereocenters. The molecule has 0 amide bonds. The van der Waals surface area contributed by atoms with Crippen LogP contribution < -0.4 is 9.47 Å². The van der Waals surface area contributed by atoms with Crippen LogP contribution in [0.25, 0.3) is 0 Å². The van der Waals surface area contributed by atoms with Gasteiger partial charge >= 0.3 is 5.97 Å². The molecule has 0 spiro atoms. The molecule has 1 N–H and O–H groups in total. The van der Waals surface area contributed by atoms with Crippen molar-refractivity contribution in [2.75, 3.05) is 19.8 Å². The predicted molar refractivity (Wildman–Crippen MR) is 129 cm³/mol. The summed E-state index contributed by atoms with van der Waals surface area (Å²) in [4.78, 5) is 14.2. The van der Waals surface area contributed by atoms with Crippen molar-refractivity contribution in [1.29, 1.82) is 0 Å². The minimum absolute atomic E-state index is 0.0231. The zero-order valence-electron chi connectivity index (χ0n) is 20.0. The first kappa shape index (κ1) is 25.3. The fourth-order valence-corrected chi connectivity index (χ4v) is 3.48. The Kier molecular flexibility index (Phi) is 9.10. The third kappa shape index (κ3) is 8.23. The van der Waals surface area contributed by atoms with E-state index in [1.165, 1.54) is 29.5 Å². The van der Waals surface area contributed by atoms with Crippen molar-refractivity contribution < 1.29 is 28.5 Å². The van der Waals surface area contributed by atoms with Crippen LogP contribution in [-0.2, 0) is 16.6 Å². The lowest BCUT2D eigenvalue weighted by Crippen LogP contribution is -2.12. The lowest BCUT2D eigenvalue weighted by Gasteiger charge is -2.19. The number of hydrogen-bond acceptors (Lipinski definition) is 6. The van der Waals surface area contributed by atoms with E-state index in [-0.39, 0.29) is 11.2 Å². The predicted octanol–water partition coefficient (Wildman–Crippen LogP) is 5.54. The van der Waals surface area contributed by atoms with Gasteiger partial charge < -0.3 is 23.7 Å². The van der Waals surface area contributed by atoms with E-state index in [2.05, 4.69) is 42.3 Å². The van der Waals surface area contributed by atoms with E-state index < -0.39 is 5.97 Å². The third-order valence-electron chi connectivity index (χ3n) is 5.34. The molecule has 1 atom stereocenters. The lowest BCUT2D eigenvalue weighted by atomic mass is 9.87. The molecular formula is C27H33NO6. The van der Waals surface area contributed by atoms with Gasteiger partial charge in [0.15, 0.2) is 0 Å². The number of hydrogen-bond donors (Lipinski definition) is 1. The number of rotatable bonds is 8. The van der Waals surface area contributed by atoms with Gasteiger partial charge in [0.2, 0.25) is 11.6 Å². The SMILES string of the molecule is CC(C)(C)c1ccc(OCCOc2cc(CC3CCCO3)ccn2)cc1.O=C(O)c1ccco1.